The summed E-state index contributed by atoms with van der Waals surface area (Å²) in [5.74, 6) is 0.203. The Morgan fingerprint density at radius 1 is 1.11 bits per heavy atom. The Hall–Kier alpha value is -3.15. The van der Waals surface area contributed by atoms with Gasteiger partial charge in [-0.2, -0.15) is 0 Å². The summed E-state index contributed by atoms with van der Waals surface area (Å²) >= 11 is 0. The first-order valence-corrected chi connectivity index (χ1v) is 18.6. The van der Waals surface area contributed by atoms with Crippen LogP contribution in [0.4, 0.5) is 0 Å². The monoisotopic (exact) mass is 655 g/mol. The Morgan fingerprint density at radius 2 is 1.80 bits per heavy atom. The molecule has 0 spiro atoms. The minimum absolute atomic E-state index is 0.140. The van der Waals surface area contributed by atoms with Gasteiger partial charge in [0.1, 0.15) is 10.5 Å². The number of sulfonamides is 2. The van der Waals surface area contributed by atoms with Gasteiger partial charge in [0.2, 0.25) is 20.0 Å². The molecule has 11 heteroatoms. The molecule has 0 bridgehead atoms. The molecule has 1 aliphatic carbocycles. The molecule has 2 aliphatic rings. The summed E-state index contributed by atoms with van der Waals surface area (Å²) in [6.07, 6.45) is 5.68. The highest BCUT2D eigenvalue weighted by atomic mass is 32.2. The van der Waals surface area contributed by atoms with Gasteiger partial charge in [0, 0.05) is 42.2 Å². The molecule has 9 nitrogen and oxygen atoms in total. The molecule has 0 saturated heterocycles. The second-order valence-electron chi connectivity index (χ2n) is 13.3. The fraction of sp³-hybridized carbons (Fsp3) is 0.500. The first-order valence-electron chi connectivity index (χ1n) is 15.6. The van der Waals surface area contributed by atoms with Crippen molar-refractivity contribution >= 4 is 36.9 Å². The number of nitrogens with zero attached hydrogens (tertiary/aromatic N) is 2. The number of likely N-dealkylation sites (N-methyl/N-ethyl adjacent to an activating group) is 1. The first-order chi connectivity index (χ1) is 21.1. The summed E-state index contributed by atoms with van der Waals surface area (Å²) in [5.41, 5.74) is 5.60. The van der Waals surface area contributed by atoms with Crippen LogP contribution in [0.1, 0.15) is 87.2 Å². The first kappa shape index (κ1) is 33.2. The van der Waals surface area contributed by atoms with E-state index in [-0.39, 0.29) is 31.0 Å². The Balaban J connectivity index is 1.81. The van der Waals surface area contributed by atoms with E-state index in [9.17, 15) is 21.6 Å². The van der Waals surface area contributed by atoms with E-state index in [4.69, 9.17) is 4.74 Å². The molecular formula is C34H45N3O6S2. The van der Waals surface area contributed by atoms with Crippen LogP contribution < -0.4 is 9.46 Å². The summed E-state index contributed by atoms with van der Waals surface area (Å²) in [6.45, 7) is 10.9. The van der Waals surface area contributed by atoms with Gasteiger partial charge in [0.05, 0.1) is 18.1 Å². The number of fused-ring (bicyclic) bond motifs is 5. The molecule has 3 aromatic rings. The predicted molar refractivity (Wildman–Crippen MR) is 180 cm³/mol. The molecule has 1 aliphatic heterocycles. The van der Waals surface area contributed by atoms with E-state index in [1.807, 2.05) is 31.2 Å². The van der Waals surface area contributed by atoms with Gasteiger partial charge in [-0.3, -0.25) is 4.79 Å². The van der Waals surface area contributed by atoms with Crippen molar-refractivity contribution in [1.29, 1.82) is 0 Å². The molecule has 2 heterocycles. The fourth-order valence-corrected chi connectivity index (χ4v) is 9.35. The highest BCUT2D eigenvalue weighted by molar-refractivity contribution is 7.90. The largest absolute Gasteiger partial charge is 0.497 e. The Morgan fingerprint density at radius 3 is 2.42 bits per heavy atom. The van der Waals surface area contributed by atoms with Crippen molar-refractivity contribution in [3.05, 3.63) is 65.2 Å². The number of amides is 1. The van der Waals surface area contributed by atoms with Crippen molar-refractivity contribution in [1.82, 2.24) is 13.6 Å². The zero-order valence-corrected chi connectivity index (χ0v) is 28.8. The van der Waals surface area contributed by atoms with Crippen molar-refractivity contribution in [2.75, 3.05) is 20.7 Å². The Bertz CT molecular complexity index is 1870. The van der Waals surface area contributed by atoms with E-state index in [0.29, 0.717) is 11.3 Å². The summed E-state index contributed by atoms with van der Waals surface area (Å²) in [4.78, 5) is 13.3. The lowest BCUT2D eigenvalue weighted by Gasteiger charge is -2.33. The lowest BCUT2D eigenvalue weighted by atomic mass is 9.81. The fourth-order valence-electron chi connectivity index (χ4n) is 6.96. The lowest BCUT2D eigenvalue weighted by molar-refractivity contribution is 0.0981. The van der Waals surface area contributed by atoms with Crippen molar-refractivity contribution in [3.63, 3.8) is 0 Å². The van der Waals surface area contributed by atoms with Crippen LogP contribution in [0, 0.1) is 0 Å². The molecule has 5 rings (SSSR count). The van der Waals surface area contributed by atoms with Crippen LogP contribution >= 0.6 is 0 Å². The number of benzene rings is 2. The maximum absolute atomic E-state index is 14.4. The van der Waals surface area contributed by atoms with E-state index >= 15 is 0 Å². The molecule has 1 aromatic heterocycles. The van der Waals surface area contributed by atoms with Gasteiger partial charge in [0.25, 0.3) is 5.91 Å². The number of carbonyl (C=O) groups is 1. The molecular weight excluding hydrogens is 611 g/mol. The van der Waals surface area contributed by atoms with Crippen molar-refractivity contribution in [2.45, 2.75) is 88.7 Å². The third-order valence-electron chi connectivity index (χ3n) is 9.39. The standard InChI is InChI=1S/C34H45N3O6S2/c1-22(2)20-36(6)45(41,42)34(5)19-26-17-27(43-7)14-16-28(26)32-31(24-11-9-8-10-12-24)29-15-13-25(18-30(29)37(32)21-34)33(38)35-44(39,40)23(3)4/h13-18,23-24H,1,8-12,19-21H2,2-7H3,(H,35,38). The van der Waals surface area contributed by atoms with Gasteiger partial charge in [-0.25, -0.2) is 25.9 Å². The van der Waals surface area contributed by atoms with Crippen molar-refractivity contribution in [3.8, 4) is 17.0 Å². The van der Waals surface area contributed by atoms with Crippen LogP contribution in [0.3, 0.4) is 0 Å². The molecule has 1 fully saturated rings. The van der Waals surface area contributed by atoms with Crippen LogP contribution in [-0.2, 0) is 33.0 Å². The van der Waals surface area contributed by atoms with Gasteiger partial charge in [-0.05, 0) is 94.3 Å². The average molecular weight is 656 g/mol. The van der Waals surface area contributed by atoms with Crippen molar-refractivity contribution in [2.24, 2.45) is 0 Å². The zero-order valence-electron chi connectivity index (χ0n) is 27.1. The molecule has 1 atom stereocenters. The summed E-state index contributed by atoms with van der Waals surface area (Å²) in [7, 11) is -4.53. The number of methoxy groups -OCH3 is 1. The van der Waals surface area contributed by atoms with Gasteiger partial charge in [-0.15, -0.1) is 0 Å². The minimum atomic E-state index is -3.88. The highest BCUT2D eigenvalue weighted by Gasteiger charge is 2.46. The van der Waals surface area contributed by atoms with Crippen LogP contribution in [0.15, 0.2) is 48.6 Å². The van der Waals surface area contributed by atoms with Crippen LogP contribution in [0.25, 0.3) is 22.2 Å². The summed E-state index contributed by atoms with van der Waals surface area (Å²) < 4.78 is 63.9. The number of aromatic nitrogens is 1. The van der Waals surface area contributed by atoms with E-state index in [2.05, 4.69) is 15.9 Å². The summed E-state index contributed by atoms with van der Waals surface area (Å²) in [5, 5.41) is 0.183. The summed E-state index contributed by atoms with van der Waals surface area (Å²) in [6, 6.07) is 11.2. The average Bonchev–Trinajstić information content (AvgIpc) is 3.21. The number of rotatable bonds is 9. The number of ether oxygens (including phenoxy) is 1. The van der Waals surface area contributed by atoms with Crippen molar-refractivity contribution < 1.29 is 26.4 Å². The van der Waals surface area contributed by atoms with Gasteiger partial charge >= 0.3 is 0 Å². The van der Waals surface area contributed by atoms with Crippen LogP contribution in [0.2, 0.25) is 0 Å². The Labute approximate surface area is 267 Å². The SMILES string of the molecule is C=C(C)CN(C)S(=O)(=O)C1(C)Cc2cc(OC)ccc2-c2c(C3CCCCC3)c3ccc(C(=O)NS(=O)(=O)C(C)C)cc3n2C1. The zero-order chi connectivity index (χ0) is 32.9. The molecule has 1 N–H and O–H groups in total. The predicted octanol–water partition coefficient (Wildman–Crippen LogP) is 5.99. The third kappa shape index (κ3) is 6.06. The molecule has 244 valence electrons. The number of hydrogen-bond acceptors (Lipinski definition) is 6. The van der Waals surface area contributed by atoms with E-state index in [0.717, 1.165) is 59.0 Å². The Kier molecular flexibility index (Phi) is 9.02. The molecule has 2 aromatic carbocycles. The van der Waals surface area contributed by atoms with Gasteiger partial charge in [-0.1, -0.05) is 37.5 Å². The number of carbonyl (C=O) groups excluding carboxylic acids is 1. The topological polar surface area (TPSA) is 115 Å². The second kappa shape index (κ2) is 12.2. The smallest absolute Gasteiger partial charge is 0.264 e. The van der Waals surface area contributed by atoms with E-state index < -0.39 is 36.0 Å². The van der Waals surface area contributed by atoms with Gasteiger partial charge < -0.3 is 9.30 Å². The molecule has 1 amide bonds. The molecule has 0 radical (unpaired) electrons. The normalized spacial score (nSPS) is 19.3. The quantitative estimate of drug-likeness (QED) is 0.284. The van der Waals surface area contributed by atoms with Crippen LogP contribution in [-0.4, -0.2) is 62.3 Å². The maximum Gasteiger partial charge on any atom is 0.264 e. The van der Waals surface area contributed by atoms with Gasteiger partial charge in [0.15, 0.2) is 0 Å². The minimum Gasteiger partial charge on any atom is -0.497 e. The molecule has 45 heavy (non-hydrogen) atoms. The van der Waals surface area contributed by atoms with Crippen LogP contribution in [0.5, 0.6) is 5.75 Å². The molecule has 1 saturated carbocycles. The highest BCUT2D eigenvalue weighted by Crippen LogP contribution is 2.48. The maximum atomic E-state index is 14.4. The number of hydrogen-bond donors (Lipinski definition) is 1. The third-order valence-corrected chi connectivity index (χ3v) is 13.6. The second-order valence-corrected chi connectivity index (χ2v) is 18.1. The molecule has 1 unspecified atom stereocenters. The number of nitrogens with one attached hydrogen (secondary N) is 1. The van der Waals surface area contributed by atoms with E-state index in [1.165, 1.54) is 24.6 Å². The lowest BCUT2D eigenvalue weighted by Crippen LogP contribution is -2.49. The van der Waals surface area contributed by atoms with E-state index in [1.54, 1.807) is 33.2 Å².